The Kier molecular flexibility index (Phi) is 4.86. The second-order valence-electron chi connectivity index (χ2n) is 7.03. The van der Waals surface area contributed by atoms with Gasteiger partial charge in [0.2, 0.25) is 5.91 Å². The molecule has 3 atom stereocenters. The minimum atomic E-state index is -0.980. The molecule has 6 nitrogen and oxygen atoms in total. The summed E-state index contributed by atoms with van der Waals surface area (Å²) in [5.41, 5.74) is 1.97. The van der Waals surface area contributed by atoms with E-state index in [-0.39, 0.29) is 30.6 Å². The molecule has 1 aromatic heterocycles. The maximum atomic E-state index is 13.5. The van der Waals surface area contributed by atoms with Gasteiger partial charge in [0.25, 0.3) is 0 Å². The molecule has 144 valence electrons. The van der Waals surface area contributed by atoms with Crippen molar-refractivity contribution in [2.24, 2.45) is 5.92 Å². The van der Waals surface area contributed by atoms with Crippen molar-refractivity contribution in [3.05, 3.63) is 71.3 Å². The standard InChI is InChI=1S/C22H21NO5/c1-2-27-22(26)20-15(17-9-6-10-28-17)11-16-19(21(20)25)14(12-18(24)23-16)13-7-4-3-5-8-13/h3-10,14-15,20H,2,11-12H2,1H3,(H,23,24)/t14-,15-,20-/m0/s1. The molecule has 1 aromatic carbocycles. The molecule has 0 unspecified atom stereocenters. The summed E-state index contributed by atoms with van der Waals surface area (Å²) in [4.78, 5) is 38.6. The van der Waals surface area contributed by atoms with Crippen LogP contribution in [0.15, 0.2) is 64.4 Å². The van der Waals surface area contributed by atoms with E-state index in [1.165, 1.54) is 6.26 Å². The van der Waals surface area contributed by atoms with Gasteiger partial charge in [-0.05, 0) is 31.0 Å². The number of furan rings is 1. The van der Waals surface area contributed by atoms with E-state index in [0.717, 1.165) is 5.56 Å². The van der Waals surface area contributed by atoms with Crippen LogP contribution in [0.1, 0.15) is 42.9 Å². The number of nitrogens with one attached hydrogen (secondary N) is 1. The first-order valence-electron chi connectivity index (χ1n) is 9.42. The maximum absolute atomic E-state index is 13.5. The van der Waals surface area contributed by atoms with E-state index < -0.39 is 17.8 Å². The summed E-state index contributed by atoms with van der Waals surface area (Å²) < 4.78 is 10.7. The van der Waals surface area contributed by atoms with Gasteiger partial charge < -0.3 is 14.5 Å². The van der Waals surface area contributed by atoms with Gasteiger partial charge in [-0.1, -0.05) is 30.3 Å². The van der Waals surface area contributed by atoms with E-state index in [4.69, 9.17) is 9.15 Å². The number of esters is 1. The Balaban J connectivity index is 1.81. The summed E-state index contributed by atoms with van der Waals surface area (Å²) in [5, 5.41) is 2.86. The smallest absolute Gasteiger partial charge is 0.317 e. The zero-order valence-corrected chi connectivity index (χ0v) is 15.5. The minimum Gasteiger partial charge on any atom is -0.469 e. The summed E-state index contributed by atoms with van der Waals surface area (Å²) in [6.45, 7) is 1.91. The second kappa shape index (κ2) is 7.46. The number of ether oxygens (including phenoxy) is 1. The molecule has 1 aliphatic heterocycles. The SMILES string of the molecule is CCOC(=O)[C@@H]1C(=O)C2=C(C[C@H]1c1ccco1)NC(=O)C[C@H]2c1ccccc1. The number of rotatable bonds is 4. The van der Waals surface area contributed by atoms with Crippen LogP contribution < -0.4 is 5.32 Å². The fourth-order valence-corrected chi connectivity index (χ4v) is 4.19. The predicted molar refractivity (Wildman–Crippen MR) is 100 cm³/mol. The van der Waals surface area contributed by atoms with Crippen molar-refractivity contribution >= 4 is 17.7 Å². The van der Waals surface area contributed by atoms with Gasteiger partial charge in [0.1, 0.15) is 11.7 Å². The fraction of sp³-hybridized carbons (Fsp3) is 0.318. The first kappa shape index (κ1) is 18.2. The monoisotopic (exact) mass is 379 g/mol. The summed E-state index contributed by atoms with van der Waals surface area (Å²) in [6, 6.07) is 12.9. The number of allylic oxidation sites excluding steroid dienone is 2. The number of carbonyl (C=O) groups is 3. The molecular weight excluding hydrogens is 358 g/mol. The molecule has 4 rings (SSSR count). The number of Topliss-reactive ketones (excluding diaryl/α,β-unsaturated/α-hetero) is 1. The van der Waals surface area contributed by atoms with Gasteiger partial charge in [0, 0.05) is 29.5 Å². The van der Waals surface area contributed by atoms with E-state index in [0.29, 0.717) is 23.5 Å². The molecule has 0 saturated heterocycles. The minimum absolute atomic E-state index is 0.131. The molecule has 0 bridgehead atoms. The molecule has 0 spiro atoms. The van der Waals surface area contributed by atoms with Gasteiger partial charge in [0.05, 0.1) is 12.9 Å². The van der Waals surface area contributed by atoms with Crippen LogP contribution >= 0.6 is 0 Å². The molecule has 2 aliphatic rings. The van der Waals surface area contributed by atoms with Gasteiger partial charge in [-0.3, -0.25) is 14.4 Å². The van der Waals surface area contributed by atoms with Crippen molar-refractivity contribution in [1.82, 2.24) is 5.32 Å². The first-order chi connectivity index (χ1) is 13.6. The Hall–Kier alpha value is -3.15. The Morgan fingerprint density at radius 3 is 2.61 bits per heavy atom. The molecule has 28 heavy (non-hydrogen) atoms. The molecule has 0 saturated carbocycles. The number of hydrogen-bond donors (Lipinski definition) is 1. The van der Waals surface area contributed by atoms with Gasteiger partial charge in [0.15, 0.2) is 5.78 Å². The highest BCUT2D eigenvalue weighted by atomic mass is 16.5. The lowest BCUT2D eigenvalue weighted by Gasteiger charge is -2.37. The lowest BCUT2D eigenvalue weighted by atomic mass is 9.69. The topological polar surface area (TPSA) is 85.6 Å². The second-order valence-corrected chi connectivity index (χ2v) is 7.03. The Labute approximate surface area is 162 Å². The van der Waals surface area contributed by atoms with Crippen LogP contribution in [0.4, 0.5) is 0 Å². The third-order valence-electron chi connectivity index (χ3n) is 5.38. The number of hydrogen-bond acceptors (Lipinski definition) is 5. The summed E-state index contributed by atoms with van der Waals surface area (Å²) in [7, 11) is 0. The molecule has 6 heteroatoms. The van der Waals surface area contributed by atoms with Crippen LogP contribution in [0.5, 0.6) is 0 Å². The van der Waals surface area contributed by atoms with Crippen molar-refractivity contribution in [3.63, 3.8) is 0 Å². The highest BCUT2D eigenvalue weighted by Gasteiger charge is 2.48. The van der Waals surface area contributed by atoms with Gasteiger partial charge >= 0.3 is 5.97 Å². The molecule has 2 aromatic rings. The molecule has 1 N–H and O–H groups in total. The molecule has 1 amide bonds. The maximum Gasteiger partial charge on any atom is 0.317 e. The van der Waals surface area contributed by atoms with E-state index in [9.17, 15) is 14.4 Å². The van der Waals surface area contributed by atoms with Crippen LogP contribution in [0, 0.1) is 5.92 Å². The zero-order valence-electron chi connectivity index (χ0n) is 15.5. The van der Waals surface area contributed by atoms with Crippen LogP contribution in [0.25, 0.3) is 0 Å². The van der Waals surface area contributed by atoms with Crippen molar-refractivity contribution in [1.29, 1.82) is 0 Å². The predicted octanol–water partition coefficient (Wildman–Crippen LogP) is 3.07. The first-order valence-corrected chi connectivity index (χ1v) is 9.42. The van der Waals surface area contributed by atoms with Crippen LogP contribution in [0.3, 0.4) is 0 Å². The highest BCUT2D eigenvalue weighted by molar-refractivity contribution is 6.12. The van der Waals surface area contributed by atoms with E-state index in [2.05, 4.69) is 5.32 Å². The van der Waals surface area contributed by atoms with Crippen LogP contribution in [-0.4, -0.2) is 24.3 Å². The quantitative estimate of drug-likeness (QED) is 0.652. The summed E-state index contributed by atoms with van der Waals surface area (Å²) >= 11 is 0. The Bertz CT molecular complexity index is 929. The van der Waals surface area contributed by atoms with Gasteiger partial charge in [-0.15, -0.1) is 0 Å². The third kappa shape index (κ3) is 3.15. The highest BCUT2D eigenvalue weighted by Crippen LogP contribution is 2.45. The normalized spacial score (nSPS) is 24.5. The average Bonchev–Trinajstić information content (AvgIpc) is 3.22. The molecule has 1 aliphatic carbocycles. The van der Waals surface area contributed by atoms with Crippen LogP contribution in [0.2, 0.25) is 0 Å². The van der Waals surface area contributed by atoms with Crippen molar-refractivity contribution < 1.29 is 23.5 Å². The van der Waals surface area contributed by atoms with E-state index >= 15 is 0 Å². The summed E-state index contributed by atoms with van der Waals surface area (Å²) in [6.07, 6.45) is 2.03. The molecular formula is C22H21NO5. The lowest BCUT2D eigenvalue weighted by molar-refractivity contribution is -0.152. The Morgan fingerprint density at radius 2 is 1.93 bits per heavy atom. The van der Waals surface area contributed by atoms with Gasteiger partial charge in [-0.25, -0.2) is 0 Å². The fourth-order valence-electron chi connectivity index (χ4n) is 4.19. The average molecular weight is 379 g/mol. The number of ketones is 1. The third-order valence-corrected chi connectivity index (χ3v) is 5.38. The van der Waals surface area contributed by atoms with Crippen molar-refractivity contribution in [2.75, 3.05) is 6.61 Å². The number of carbonyl (C=O) groups excluding carboxylic acids is 3. The van der Waals surface area contributed by atoms with E-state index in [1.807, 2.05) is 30.3 Å². The summed E-state index contributed by atoms with van der Waals surface area (Å²) in [5.74, 6) is -2.30. The molecule has 0 fully saturated rings. The number of amides is 1. The Morgan fingerprint density at radius 1 is 1.14 bits per heavy atom. The molecule has 0 radical (unpaired) electrons. The van der Waals surface area contributed by atoms with Crippen molar-refractivity contribution in [2.45, 2.75) is 31.6 Å². The number of benzene rings is 1. The largest absolute Gasteiger partial charge is 0.469 e. The molecule has 2 heterocycles. The van der Waals surface area contributed by atoms with Gasteiger partial charge in [-0.2, -0.15) is 0 Å². The zero-order chi connectivity index (χ0) is 19.7. The van der Waals surface area contributed by atoms with Crippen LogP contribution in [-0.2, 0) is 19.1 Å². The van der Waals surface area contributed by atoms with Crippen molar-refractivity contribution in [3.8, 4) is 0 Å². The lowest BCUT2D eigenvalue weighted by Crippen LogP contribution is -2.44. The van der Waals surface area contributed by atoms with E-state index in [1.54, 1.807) is 19.1 Å².